The van der Waals surface area contributed by atoms with E-state index in [1.165, 1.54) is 36.3 Å². The van der Waals surface area contributed by atoms with Gasteiger partial charge in [0.15, 0.2) is 0 Å². The van der Waals surface area contributed by atoms with Gasteiger partial charge in [0.1, 0.15) is 23.0 Å². The number of benzene rings is 2. The van der Waals surface area contributed by atoms with Gasteiger partial charge in [-0.3, -0.25) is 14.9 Å². The third-order valence-corrected chi connectivity index (χ3v) is 7.60. The molecule has 0 aliphatic carbocycles. The van der Waals surface area contributed by atoms with E-state index in [4.69, 9.17) is 39.8 Å². The van der Waals surface area contributed by atoms with Crippen LogP contribution in [-0.2, 0) is 14.3 Å². The third kappa shape index (κ3) is 7.36. The number of fused-ring (bicyclic) bond motifs is 4. The summed E-state index contributed by atoms with van der Waals surface area (Å²) in [5.41, 5.74) is 2.57. The Hall–Kier alpha value is -4.46. The minimum Gasteiger partial charge on any atom is -0.453 e. The summed E-state index contributed by atoms with van der Waals surface area (Å²) in [6.45, 7) is 0. The molecule has 0 saturated carbocycles. The van der Waals surface area contributed by atoms with Gasteiger partial charge in [-0.1, -0.05) is 47.6 Å². The molecule has 16 heteroatoms. The minimum atomic E-state index is -0.725. The summed E-state index contributed by atoms with van der Waals surface area (Å²) in [6.07, 6.45) is 6.59. The number of rotatable bonds is 5. The molecule has 5 rings (SSSR count). The Kier molecular flexibility index (Phi) is 9.78. The van der Waals surface area contributed by atoms with E-state index in [1.54, 1.807) is 24.3 Å². The molecule has 0 radical (unpaired) electrons. The van der Waals surface area contributed by atoms with Crippen LogP contribution in [0.4, 0.5) is 16.2 Å². The Morgan fingerprint density at radius 3 is 2.75 bits per heavy atom. The standard InChI is InChI=1S/C28H26Cl3N9O4/c1-44-28(43)35-21-13-20-17(12-18(21)30)25-26(31)37-27(36-25)19(5-3-2-4-6-23(41)34-20)33-24(42)10-7-15-11-16(29)8-9-22(15)40-14-32-38-39-40/h7-14,19H,2-6H2,1H3,(H,33,42)(H,34,41)(H,35,43)(H,36,37). The second-order valence-electron chi connectivity index (χ2n) is 9.78. The van der Waals surface area contributed by atoms with Gasteiger partial charge in [0.2, 0.25) is 11.8 Å². The maximum Gasteiger partial charge on any atom is 0.411 e. The quantitative estimate of drug-likeness (QED) is 0.190. The first-order chi connectivity index (χ1) is 21.2. The van der Waals surface area contributed by atoms with E-state index in [0.29, 0.717) is 58.3 Å². The van der Waals surface area contributed by atoms with Crippen LogP contribution in [0.5, 0.6) is 0 Å². The second kappa shape index (κ2) is 13.9. The number of ether oxygens (including phenoxy) is 1. The number of carbonyl (C=O) groups excluding carboxylic acids is 3. The largest absolute Gasteiger partial charge is 0.453 e. The number of nitrogens with one attached hydrogen (secondary N) is 4. The van der Waals surface area contributed by atoms with Crippen molar-refractivity contribution in [2.45, 2.75) is 38.1 Å². The number of hydrogen-bond acceptors (Lipinski definition) is 8. The predicted octanol–water partition coefficient (Wildman–Crippen LogP) is 5.96. The van der Waals surface area contributed by atoms with Crippen molar-refractivity contribution in [1.29, 1.82) is 0 Å². The Balaban J connectivity index is 1.45. The number of halogens is 3. The number of aromatic nitrogens is 6. The Labute approximate surface area is 266 Å². The van der Waals surface area contributed by atoms with Crippen LogP contribution in [0.3, 0.4) is 0 Å². The number of nitrogens with zero attached hydrogens (tertiary/aromatic N) is 5. The predicted molar refractivity (Wildman–Crippen MR) is 166 cm³/mol. The number of amides is 3. The summed E-state index contributed by atoms with van der Waals surface area (Å²) in [7, 11) is 1.23. The lowest BCUT2D eigenvalue weighted by atomic mass is 10.1. The molecule has 3 amide bonds. The van der Waals surface area contributed by atoms with Gasteiger partial charge in [0, 0.05) is 28.6 Å². The van der Waals surface area contributed by atoms with Crippen LogP contribution < -0.4 is 16.0 Å². The van der Waals surface area contributed by atoms with Gasteiger partial charge in [0.05, 0.1) is 35.2 Å². The highest BCUT2D eigenvalue weighted by Crippen LogP contribution is 2.39. The number of hydrogen-bond donors (Lipinski definition) is 4. The fraction of sp³-hybridized carbons (Fsp3) is 0.250. The molecule has 1 aliphatic rings. The highest BCUT2D eigenvalue weighted by atomic mass is 35.5. The van der Waals surface area contributed by atoms with Gasteiger partial charge >= 0.3 is 6.09 Å². The zero-order valence-corrected chi connectivity index (χ0v) is 25.5. The molecule has 13 nitrogen and oxygen atoms in total. The molecule has 2 aromatic heterocycles. The van der Waals surface area contributed by atoms with Crippen molar-refractivity contribution >= 4 is 70.2 Å². The average molecular weight is 659 g/mol. The molecule has 1 atom stereocenters. The molecule has 1 unspecified atom stereocenters. The lowest BCUT2D eigenvalue weighted by molar-refractivity contribution is -0.117. The van der Waals surface area contributed by atoms with Crippen molar-refractivity contribution in [3.8, 4) is 16.9 Å². The summed E-state index contributed by atoms with van der Waals surface area (Å²) >= 11 is 19.3. The van der Waals surface area contributed by atoms with Crippen LogP contribution >= 0.6 is 34.8 Å². The van der Waals surface area contributed by atoms with E-state index in [0.717, 1.165) is 6.42 Å². The molecular weight excluding hydrogens is 633 g/mol. The summed E-state index contributed by atoms with van der Waals surface area (Å²) in [4.78, 5) is 45.6. The number of aromatic amines is 1. The van der Waals surface area contributed by atoms with Crippen molar-refractivity contribution in [3.05, 3.63) is 69.3 Å². The first-order valence-corrected chi connectivity index (χ1v) is 14.6. The van der Waals surface area contributed by atoms with Gasteiger partial charge in [-0.25, -0.2) is 9.78 Å². The van der Waals surface area contributed by atoms with Crippen LogP contribution in [0.2, 0.25) is 15.2 Å². The number of anilines is 2. The number of carbonyl (C=O) groups is 3. The minimum absolute atomic E-state index is 0.172. The van der Waals surface area contributed by atoms with Crippen molar-refractivity contribution in [2.24, 2.45) is 0 Å². The normalized spacial score (nSPS) is 15.4. The molecular formula is C28H26Cl3N9O4. The summed E-state index contributed by atoms with van der Waals surface area (Å²) < 4.78 is 6.13. The highest BCUT2D eigenvalue weighted by Gasteiger charge is 2.24. The van der Waals surface area contributed by atoms with Crippen LogP contribution in [0, 0.1) is 0 Å². The molecule has 44 heavy (non-hydrogen) atoms. The Morgan fingerprint density at radius 2 is 1.98 bits per heavy atom. The first-order valence-electron chi connectivity index (χ1n) is 13.5. The zero-order valence-electron chi connectivity index (χ0n) is 23.2. The van der Waals surface area contributed by atoms with E-state index in [9.17, 15) is 14.4 Å². The smallest absolute Gasteiger partial charge is 0.411 e. The van der Waals surface area contributed by atoms with Gasteiger partial charge in [-0.15, -0.1) is 5.10 Å². The number of imidazole rings is 1. The van der Waals surface area contributed by atoms with E-state index >= 15 is 0 Å². The number of H-pyrrole nitrogens is 1. The van der Waals surface area contributed by atoms with Crippen molar-refractivity contribution < 1.29 is 19.1 Å². The lowest BCUT2D eigenvalue weighted by Gasteiger charge is -2.16. The molecule has 1 aliphatic heterocycles. The topological polar surface area (TPSA) is 169 Å². The molecule has 2 bridgehead atoms. The third-order valence-electron chi connectivity index (χ3n) is 6.78. The molecule has 228 valence electrons. The van der Waals surface area contributed by atoms with E-state index in [-0.39, 0.29) is 34.1 Å². The SMILES string of the molecule is COC(=O)Nc1cc2c(cc1Cl)-c1nc([nH]c1Cl)C(NC(=O)C=Cc1cc(Cl)ccc1-n1cnnn1)CCCCCC(=O)N2. The maximum atomic E-state index is 13.2. The highest BCUT2D eigenvalue weighted by molar-refractivity contribution is 6.35. The van der Waals surface area contributed by atoms with Crippen molar-refractivity contribution in [1.82, 2.24) is 35.5 Å². The molecule has 4 aromatic rings. The van der Waals surface area contributed by atoms with Gasteiger partial charge in [0.25, 0.3) is 0 Å². The first kappa shape index (κ1) is 31.0. The van der Waals surface area contributed by atoms with Gasteiger partial charge in [-0.05, 0) is 59.7 Å². The summed E-state index contributed by atoms with van der Waals surface area (Å²) in [5.74, 6) is -0.177. The molecule has 3 heterocycles. The van der Waals surface area contributed by atoms with E-state index in [1.807, 2.05) is 0 Å². The van der Waals surface area contributed by atoms with E-state index < -0.39 is 12.1 Å². The Morgan fingerprint density at radius 1 is 1.14 bits per heavy atom. The monoisotopic (exact) mass is 657 g/mol. The fourth-order valence-corrected chi connectivity index (χ4v) is 5.30. The van der Waals surface area contributed by atoms with Crippen LogP contribution in [0.1, 0.15) is 49.5 Å². The van der Waals surface area contributed by atoms with Crippen molar-refractivity contribution in [3.63, 3.8) is 0 Å². The maximum absolute atomic E-state index is 13.2. The molecule has 0 fully saturated rings. The number of tetrazole rings is 1. The fourth-order valence-electron chi connectivity index (χ4n) is 4.67. The van der Waals surface area contributed by atoms with Crippen molar-refractivity contribution in [2.75, 3.05) is 17.7 Å². The average Bonchev–Trinajstić information content (AvgIpc) is 3.66. The Bertz CT molecular complexity index is 1720. The van der Waals surface area contributed by atoms with Gasteiger partial charge < -0.3 is 20.4 Å². The molecule has 4 N–H and O–H groups in total. The van der Waals surface area contributed by atoms with Crippen LogP contribution in [-0.4, -0.2) is 55.2 Å². The molecule has 0 spiro atoms. The van der Waals surface area contributed by atoms with Crippen LogP contribution in [0.25, 0.3) is 23.0 Å². The molecule has 0 saturated heterocycles. The summed E-state index contributed by atoms with van der Waals surface area (Å²) in [5, 5.41) is 20.5. The molecule has 2 aromatic carbocycles. The summed E-state index contributed by atoms with van der Waals surface area (Å²) in [6, 6.07) is 7.67. The van der Waals surface area contributed by atoms with Gasteiger partial charge in [-0.2, -0.15) is 4.68 Å². The zero-order chi connectivity index (χ0) is 31.2. The number of methoxy groups -OCH3 is 1. The van der Waals surface area contributed by atoms with E-state index in [2.05, 4.69) is 41.2 Å². The van der Waals surface area contributed by atoms with Crippen LogP contribution in [0.15, 0.2) is 42.7 Å². The second-order valence-corrected chi connectivity index (χ2v) is 11.0. The lowest BCUT2D eigenvalue weighted by Crippen LogP contribution is -2.27.